The number of ether oxygens (including phenoxy) is 1. The fourth-order valence-corrected chi connectivity index (χ4v) is 2.09. The lowest BCUT2D eigenvalue weighted by Crippen LogP contribution is -2.12. The van der Waals surface area contributed by atoms with E-state index in [0.717, 1.165) is 25.0 Å². The Morgan fingerprint density at radius 1 is 1.28 bits per heavy atom. The van der Waals surface area contributed by atoms with Crippen molar-refractivity contribution in [2.75, 3.05) is 6.61 Å². The van der Waals surface area contributed by atoms with Gasteiger partial charge in [-0.05, 0) is 18.4 Å². The molecular formula is C13H15N3O2. The molecule has 94 valence electrons. The molecule has 3 rings (SSSR count). The molecule has 0 saturated carbocycles. The predicted octanol–water partition coefficient (Wildman–Crippen LogP) is 1.97. The summed E-state index contributed by atoms with van der Waals surface area (Å²) in [6.45, 7) is 0.763. The zero-order valence-electron chi connectivity index (χ0n) is 9.95. The van der Waals surface area contributed by atoms with Gasteiger partial charge in [0.15, 0.2) is 0 Å². The maximum Gasteiger partial charge on any atom is 0.248 e. The number of hydrogen-bond donors (Lipinski definition) is 1. The van der Waals surface area contributed by atoms with Crippen molar-refractivity contribution in [3.05, 3.63) is 47.6 Å². The molecule has 2 aromatic rings. The SMILES string of the molecule is NC(c1ccccc1)c1nc(C2CCCO2)no1. The molecule has 0 amide bonds. The Morgan fingerprint density at radius 3 is 2.83 bits per heavy atom. The Kier molecular flexibility index (Phi) is 3.08. The fourth-order valence-electron chi connectivity index (χ4n) is 2.09. The van der Waals surface area contributed by atoms with E-state index in [2.05, 4.69) is 10.1 Å². The van der Waals surface area contributed by atoms with Crippen LogP contribution in [0.3, 0.4) is 0 Å². The summed E-state index contributed by atoms with van der Waals surface area (Å²) in [4.78, 5) is 4.34. The van der Waals surface area contributed by atoms with Crippen molar-refractivity contribution >= 4 is 0 Å². The van der Waals surface area contributed by atoms with Gasteiger partial charge in [-0.25, -0.2) is 0 Å². The molecule has 2 atom stereocenters. The van der Waals surface area contributed by atoms with Crippen molar-refractivity contribution in [2.45, 2.75) is 25.0 Å². The first kappa shape index (κ1) is 11.4. The molecule has 1 aliphatic heterocycles. The van der Waals surface area contributed by atoms with Crippen LogP contribution in [-0.2, 0) is 4.74 Å². The molecule has 1 aromatic carbocycles. The number of nitrogens with two attached hydrogens (primary N) is 1. The van der Waals surface area contributed by atoms with Crippen molar-refractivity contribution in [1.29, 1.82) is 0 Å². The van der Waals surface area contributed by atoms with Gasteiger partial charge >= 0.3 is 0 Å². The number of benzene rings is 1. The van der Waals surface area contributed by atoms with Crippen molar-refractivity contribution in [1.82, 2.24) is 10.1 Å². The summed E-state index contributed by atoms with van der Waals surface area (Å²) < 4.78 is 10.7. The maximum atomic E-state index is 6.09. The monoisotopic (exact) mass is 245 g/mol. The average molecular weight is 245 g/mol. The van der Waals surface area contributed by atoms with E-state index < -0.39 is 0 Å². The summed E-state index contributed by atoms with van der Waals surface area (Å²) in [6, 6.07) is 9.33. The van der Waals surface area contributed by atoms with Gasteiger partial charge in [-0.15, -0.1) is 0 Å². The zero-order chi connectivity index (χ0) is 12.4. The molecule has 0 spiro atoms. The lowest BCUT2D eigenvalue weighted by Gasteiger charge is -2.06. The standard InChI is InChI=1S/C13H15N3O2/c14-11(9-5-2-1-3-6-9)13-15-12(16-18-13)10-7-4-8-17-10/h1-3,5-6,10-11H,4,7-8,14H2. The number of hydrogen-bond acceptors (Lipinski definition) is 5. The van der Waals surface area contributed by atoms with Crippen molar-refractivity contribution in [3.8, 4) is 0 Å². The van der Waals surface area contributed by atoms with Crippen LogP contribution in [0.2, 0.25) is 0 Å². The van der Waals surface area contributed by atoms with Crippen LogP contribution in [0, 0.1) is 0 Å². The van der Waals surface area contributed by atoms with E-state index in [9.17, 15) is 0 Å². The predicted molar refractivity (Wildman–Crippen MR) is 64.7 cm³/mol. The second-order valence-corrected chi connectivity index (χ2v) is 4.38. The van der Waals surface area contributed by atoms with E-state index in [1.807, 2.05) is 30.3 Å². The van der Waals surface area contributed by atoms with Crippen LogP contribution in [0.15, 0.2) is 34.9 Å². The van der Waals surface area contributed by atoms with Gasteiger partial charge in [-0.3, -0.25) is 0 Å². The van der Waals surface area contributed by atoms with E-state index >= 15 is 0 Å². The molecule has 1 aliphatic rings. The first-order valence-electron chi connectivity index (χ1n) is 6.10. The lowest BCUT2D eigenvalue weighted by atomic mass is 10.1. The topological polar surface area (TPSA) is 74.2 Å². The molecule has 18 heavy (non-hydrogen) atoms. The third kappa shape index (κ3) is 2.14. The molecule has 1 saturated heterocycles. The fraction of sp³-hybridized carbons (Fsp3) is 0.385. The van der Waals surface area contributed by atoms with Crippen LogP contribution in [0.5, 0.6) is 0 Å². The van der Waals surface area contributed by atoms with Crippen molar-refractivity contribution < 1.29 is 9.26 Å². The minimum absolute atomic E-state index is 0.0366. The molecule has 2 N–H and O–H groups in total. The number of nitrogens with zero attached hydrogens (tertiary/aromatic N) is 2. The highest BCUT2D eigenvalue weighted by atomic mass is 16.5. The molecule has 0 radical (unpaired) electrons. The quantitative estimate of drug-likeness (QED) is 0.894. The van der Waals surface area contributed by atoms with Crippen LogP contribution >= 0.6 is 0 Å². The molecule has 0 bridgehead atoms. The van der Waals surface area contributed by atoms with E-state index in [4.69, 9.17) is 15.0 Å². The van der Waals surface area contributed by atoms with Crippen LogP contribution < -0.4 is 5.73 Å². The first-order chi connectivity index (χ1) is 8.84. The molecule has 5 heteroatoms. The smallest absolute Gasteiger partial charge is 0.248 e. The maximum absolute atomic E-state index is 6.09. The first-order valence-corrected chi connectivity index (χ1v) is 6.10. The summed E-state index contributed by atoms with van der Waals surface area (Å²) in [6.07, 6.45) is 1.95. The third-order valence-electron chi connectivity index (χ3n) is 3.10. The highest BCUT2D eigenvalue weighted by Crippen LogP contribution is 2.27. The lowest BCUT2D eigenvalue weighted by molar-refractivity contribution is 0.103. The molecule has 0 aliphatic carbocycles. The molecule has 1 aromatic heterocycles. The normalized spacial score (nSPS) is 21.1. The largest absolute Gasteiger partial charge is 0.370 e. The highest BCUT2D eigenvalue weighted by molar-refractivity contribution is 5.23. The van der Waals surface area contributed by atoms with E-state index in [-0.39, 0.29) is 12.1 Å². The molecule has 1 fully saturated rings. The van der Waals surface area contributed by atoms with E-state index in [0.29, 0.717) is 11.7 Å². The van der Waals surface area contributed by atoms with Gasteiger partial charge in [0, 0.05) is 6.61 Å². The Morgan fingerprint density at radius 2 is 2.11 bits per heavy atom. The van der Waals surface area contributed by atoms with E-state index in [1.165, 1.54) is 0 Å². The summed E-state index contributed by atoms with van der Waals surface area (Å²) in [5.41, 5.74) is 7.05. The van der Waals surface area contributed by atoms with Gasteiger partial charge in [-0.1, -0.05) is 35.5 Å². The Balaban J connectivity index is 1.80. The second-order valence-electron chi connectivity index (χ2n) is 4.38. The number of rotatable bonds is 3. The Hall–Kier alpha value is -1.72. The van der Waals surface area contributed by atoms with Crippen molar-refractivity contribution in [3.63, 3.8) is 0 Å². The second kappa shape index (κ2) is 4.88. The average Bonchev–Trinajstić information content (AvgIpc) is 3.09. The summed E-state index contributed by atoms with van der Waals surface area (Å²) >= 11 is 0. The summed E-state index contributed by atoms with van der Waals surface area (Å²) in [7, 11) is 0. The number of aromatic nitrogens is 2. The minimum Gasteiger partial charge on any atom is -0.370 e. The molecule has 2 heterocycles. The van der Waals surface area contributed by atoms with Gasteiger partial charge in [0.1, 0.15) is 12.1 Å². The highest BCUT2D eigenvalue weighted by Gasteiger charge is 2.25. The summed E-state index contributed by atoms with van der Waals surface area (Å²) in [5, 5.41) is 3.95. The van der Waals surface area contributed by atoms with Crippen LogP contribution in [-0.4, -0.2) is 16.7 Å². The van der Waals surface area contributed by atoms with Gasteiger partial charge in [0.05, 0.1) is 0 Å². The van der Waals surface area contributed by atoms with Crippen LogP contribution in [0.25, 0.3) is 0 Å². The van der Waals surface area contributed by atoms with Gasteiger partial charge in [-0.2, -0.15) is 4.98 Å². The van der Waals surface area contributed by atoms with Crippen molar-refractivity contribution in [2.24, 2.45) is 5.73 Å². The van der Waals surface area contributed by atoms with Gasteiger partial charge < -0.3 is 15.0 Å². The molecule has 5 nitrogen and oxygen atoms in total. The third-order valence-corrected chi connectivity index (χ3v) is 3.10. The Bertz CT molecular complexity index is 506. The van der Waals surface area contributed by atoms with Crippen LogP contribution in [0.4, 0.5) is 0 Å². The zero-order valence-corrected chi connectivity index (χ0v) is 9.95. The van der Waals surface area contributed by atoms with Gasteiger partial charge in [0.2, 0.25) is 11.7 Å². The molecule has 2 unspecified atom stereocenters. The Labute approximate surface area is 105 Å². The molecular weight excluding hydrogens is 230 g/mol. The van der Waals surface area contributed by atoms with Crippen LogP contribution in [0.1, 0.15) is 42.3 Å². The van der Waals surface area contributed by atoms with E-state index in [1.54, 1.807) is 0 Å². The van der Waals surface area contributed by atoms with Gasteiger partial charge in [0.25, 0.3) is 0 Å². The minimum atomic E-state index is -0.381. The summed E-state index contributed by atoms with van der Waals surface area (Å²) in [5.74, 6) is 1.04.